The average molecular weight is 300 g/mol. The molecule has 0 fully saturated rings. The van der Waals surface area contributed by atoms with Crippen LogP contribution in [0.4, 0.5) is 5.69 Å². The van der Waals surface area contributed by atoms with Gasteiger partial charge in [0, 0.05) is 19.3 Å². The predicted molar refractivity (Wildman–Crippen MR) is 91.7 cm³/mol. The second-order valence-corrected chi connectivity index (χ2v) is 5.12. The fourth-order valence-electron chi connectivity index (χ4n) is 1.95. The molecular formula is C17H20N2OS. The van der Waals surface area contributed by atoms with E-state index in [-0.39, 0.29) is 0 Å². The molecule has 21 heavy (non-hydrogen) atoms. The number of benzene rings is 2. The molecule has 0 aliphatic rings. The zero-order chi connectivity index (χ0) is 15.1. The van der Waals surface area contributed by atoms with Gasteiger partial charge in [0.05, 0.1) is 6.61 Å². The molecule has 2 aromatic rings. The molecular weight excluding hydrogens is 280 g/mol. The van der Waals surface area contributed by atoms with Crippen LogP contribution in [0.3, 0.4) is 0 Å². The van der Waals surface area contributed by atoms with Gasteiger partial charge >= 0.3 is 0 Å². The van der Waals surface area contributed by atoms with E-state index in [1.165, 1.54) is 5.56 Å². The topological polar surface area (TPSA) is 24.5 Å². The summed E-state index contributed by atoms with van der Waals surface area (Å²) in [6, 6.07) is 18.1. The molecule has 0 heterocycles. The van der Waals surface area contributed by atoms with E-state index in [9.17, 15) is 0 Å². The second-order valence-electron chi connectivity index (χ2n) is 4.73. The summed E-state index contributed by atoms with van der Waals surface area (Å²) in [5.74, 6) is 0.867. The maximum absolute atomic E-state index is 5.43. The zero-order valence-corrected chi connectivity index (χ0v) is 13.2. The molecule has 2 aromatic carbocycles. The number of ether oxygens (including phenoxy) is 1. The van der Waals surface area contributed by atoms with Crippen LogP contribution in [0.5, 0.6) is 5.75 Å². The van der Waals surface area contributed by atoms with E-state index < -0.39 is 0 Å². The number of nitrogens with one attached hydrogen (secondary N) is 1. The lowest BCUT2D eigenvalue weighted by molar-refractivity contribution is 0.340. The zero-order valence-electron chi connectivity index (χ0n) is 12.4. The Balaban J connectivity index is 1.91. The van der Waals surface area contributed by atoms with Crippen molar-refractivity contribution in [2.45, 2.75) is 13.5 Å². The molecule has 0 aliphatic heterocycles. The Bertz CT molecular complexity index is 569. The Labute approximate surface area is 131 Å². The first-order valence-electron chi connectivity index (χ1n) is 6.98. The molecule has 0 aromatic heterocycles. The fourth-order valence-corrected chi connectivity index (χ4v) is 2.13. The third-order valence-electron chi connectivity index (χ3n) is 3.03. The first-order chi connectivity index (χ1) is 10.2. The third-order valence-corrected chi connectivity index (χ3v) is 3.44. The van der Waals surface area contributed by atoms with E-state index in [4.69, 9.17) is 17.0 Å². The van der Waals surface area contributed by atoms with Crippen molar-refractivity contribution in [1.29, 1.82) is 0 Å². The summed E-state index contributed by atoms with van der Waals surface area (Å²) in [6.07, 6.45) is 0. The summed E-state index contributed by atoms with van der Waals surface area (Å²) in [6.45, 7) is 3.43. The molecule has 0 saturated carbocycles. The predicted octanol–water partition coefficient (Wildman–Crippen LogP) is 3.91. The van der Waals surface area contributed by atoms with Gasteiger partial charge in [-0.25, -0.2) is 0 Å². The average Bonchev–Trinajstić information content (AvgIpc) is 2.50. The summed E-state index contributed by atoms with van der Waals surface area (Å²) in [4.78, 5) is 2.02. The van der Waals surface area contributed by atoms with Gasteiger partial charge < -0.3 is 15.0 Å². The van der Waals surface area contributed by atoms with Gasteiger partial charge in [-0.1, -0.05) is 30.3 Å². The molecule has 0 radical (unpaired) electrons. The Morgan fingerprint density at radius 2 is 1.76 bits per heavy atom. The molecule has 2 rings (SSSR count). The lowest BCUT2D eigenvalue weighted by Gasteiger charge is -2.21. The van der Waals surface area contributed by atoms with Crippen LogP contribution in [-0.4, -0.2) is 23.7 Å². The number of rotatable bonds is 5. The molecule has 0 unspecified atom stereocenters. The van der Waals surface area contributed by atoms with Crippen molar-refractivity contribution in [3.05, 3.63) is 60.2 Å². The van der Waals surface area contributed by atoms with Crippen LogP contribution in [-0.2, 0) is 6.54 Å². The van der Waals surface area contributed by atoms with Crippen LogP contribution < -0.4 is 10.1 Å². The highest BCUT2D eigenvalue weighted by Gasteiger charge is 2.05. The molecule has 0 bridgehead atoms. The minimum Gasteiger partial charge on any atom is -0.494 e. The van der Waals surface area contributed by atoms with Gasteiger partial charge in [-0.05, 0) is 49.0 Å². The van der Waals surface area contributed by atoms with E-state index in [2.05, 4.69) is 17.4 Å². The Morgan fingerprint density at radius 1 is 1.10 bits per heavy atom. The van der Waals surface area contributed by atoms with Gasteiger partial charge in [-0.15, -0.1) is 0 Å². The SMILES string of the molecule is CCOc1ccc(NC(=S)N(C)Cc2ccccc2)cc1. The van der Waals surface area contributed by atoms with Crippen molar-refractivity contribution in [3.8, 4) is 5.75 Å². The summed E-state index contributed by atoms with van der Waals surface area (Å²) in [5, 5.41) is 3.93. The maximum Gasteiger partial charge on any atom is 0.173 e. The number of hydrogen-bond acceptors (Lipinski definition) is 2. The molecule has 3 nitrogen and oxygen atoms in total. The fraction of sp³-hybridized carbons (Fsp3) is 0.235. The van der Waals surface area contributed by atoms with Crippen molar-refractivity contribution in [3.63, 3.8) is 0 Å². The van der Waals surface area contributed by atoms with Gasteiger partial charge in [-0.3, -0.25) is 0 Å². The molecule has 0 aliphatic carbocycles. The third kappa shape index (κ3) is 4.76. The normalized spacial score (nSPS) is 10.0. The maximum atomic E-state index is 5.43. The minimum absolute atomic E-state index is 0.672. The van der Waals surface area contributed by atoms with Gasteiger partial charge in [0.25, 0.3) is 0 Å². The van der Waals surface area contributed by atoms with Crippen LogP contribution in [0.2, 0.25) is 0 Å². The second kappa shape index (κ2) is 7.64. The van der Waals surface area contributed by atoms with E-state index in [0.29, 0.717) is 11.7 Å². The lowest BCUT2D eigenvalue weighted by Crippen LogP contribution is -2.30. The van der Waals surface area contributed by atoms with Crippen LogP contribution in [0, 0.1) is 0 Å². The summed E-state index contributed by atoms with van der Waals surface area (Å²) in [7, 11) is 1.98. The van der Waals surface area contributed by atoms with Crippen LogP contribution in [0.25, 0.3) is 0 Å². The Hall–Kier alpha value is -2.07. The highest BCUT2D eigenvalue weighted by atomic mass is 32.1. The number of anilines is 1. The van der Waals surface area contributed by atoms with E-state index in [1.54, 1.807) is 0 Å². The van der Waals surface area contributed by atoms with E-state index in [0.717, 1.165) is 18.0 Å². The standard InChI is InChI=1S/C17H20N2OS/c1-3-20-16-11-9-15(10-12-16)18-17(21)19(2)13-14-7-5-4-6-8-14/h4-12H,3,13H2,1-2H3,(H,18,21). The summed E-state index contributed by atoms with van der Waals surface area (Å²) in [5.41, 5.74) is 2.19. The highest BCUT2D eigenvalue weighted by molar-refractivity contribution is 7.80. The monoisotopic (exact) mass is 300 g/mol. The van der Waals surface area contributed by atoms with Gasteiger partial charge in [0.2, 0.25) is 0 Å². The highest BCUT2D eigenvalue weighted by Crippen LogP contribution is 2.16. The molecule has 1 N–H and O–H groups in total. The molecule has 0 amide bonds. The van der Waals surface area contributed by atoms with Crippen molar-refractivity contribution in [2.24, 2.45) is 0 Å². The number of hydrogen-bond donors (Lipinski definition) is 1. The molecule has 4 heteroatoms. The van der Waals surface area contributed by atoms with Gasteiger partial charge in [0.1, 0.15) is 5.75 Å². The minimum atomic E-state index is 0.672. The van der Waals surface area contributed by atoms with E-state index in [1.807, 2.05) is 61.3 Å². The molecule has 110 valence electrons. The van der Waals surface area contributed by atoms with Crippen molar-refractivity contribution in [1.82, 2.24) is 4.90 Å². The van der Waals surface area contributed by atoms with Gasteiger partial charge in [0.15, 0.2) is 5.11 Å². The van der Waals surface area contributed by atoms with Crippen molar-refractivity contribution >= 4 is 23.0 Å². The summed E-state index contributed by atoms with van der Waals surface area (Å²) >= 11 is 5.43. The Morgan fingerprint density at radius 3 is 2.38 bits per heavy atom. The number of nitrogens with zero attached hydrogens (tertiary/aromatic N) is 1. The van der Waals surface area contributed by atoms with E-state index >= 15 is 0 Å². The van der Waals surface area contributed by atoms with Crippen LogP contribution in [0.15, 0.2) is 54.6 Å². The Kier molecular flexibility index (Phi) is 5.58. The molecule has 0 spiro atoms. The van der Waals surface area contributed by atoms with Gasteiger partial charge in [-0.2, -0.15) is 0 Å². The summed E-state index contributed by atoms with van der Waals surface area (Å²) < 4.78 is 5.42. The molecule has 0 saturated heterocycles. The van der Waals surface area contributed by atoms with Crippen molar-refractivity contribution < 1.29 is 4.74 Å². The lowest BCUT2D eigenvalue weighted by atomic mass is 10.2. The number of thiocarbonyl (C=S) groups is 1. The first-order valence-corrected chi connectivity index (χ1v) is 7.38. The smallest absolute Gasteiger partial charge is 0.173 e. The first kappa shape index (κ1) is 15.3. The van der Waals surface area contributed by atoms with Crippen LogP contribution in [0.1, 0.15) is 12.5 Å². The van der Waals surface area contributed by atoms with Crippen LogP contribution >= 0.6 is 12.2 Å². The largest absolute Gasteiger partial charge is 0.494 e. The van der Waals surface area contributed by atoms with Crippen molar-refractivity contribution in [2.75, 3.05) is 19.0 Å². The molecule has 0 atom stereocenters. The quantitative estimate of drug-likeness (QED) is 0.846.